The zero-order valence-corrected chi connectivity index (χ0v) is 16.7. The predicted molar refractivity (Wildman–Crippen MR) is 109 cm³/mol. The first-order valence-electron chi connectivity index (χ1n) is 10.1. The quantitative estimate of drug-likeness (QED) is 0.732. The number of rotatable bonds is 3. The van der Waals surface area contributed by atoms with Crippen molar-refractivity contribution in [2.75, 3.05) is 31.7 Å². The first kappa shape index (κ1) is 19.2. The molecule has 1 saturated heterocycles. The molecule has 0 radical (unpaired) electrons. The minimum Gasteiger partial charge on any atom is -0.493 e. The van der Waals surface area contributed by atoms with E-state index >= 15 is 0 Å². The van der Waals surface area contributed by atoms with Gasteiger partial charge in [0, 0.05) is 30.2 Å². The maximum Gasteiger partial charge on any atom is 0.325 e. The van der Waals surface area contributed by atoms with E-state index in [2.05, 4.69) is 10.6 Å². The fraction of sp³-hybridized carbons (Fsp3) is 0.318. The van der Waals surface area contributed by atoms with Crippen LogP contribution in [0.2, 0.25) is 0 Å². The van der Waals surface area contributed by atoms with Crippen LogP contribution in [0, 0.1) is 0 Å². The molecule has 9 heteroatoms. The second kappa shape index (κ2) is 7.50. The number of carbonyl (C=O) groups is 3. The van der Waals surface area contributed by atoms with E-state index < -0.39 is 29.9 Å². The topological polar surface area (TPSA) is 106 Å². The van der Waals surface area contributed by atoms with Crippen molar-refractivity contribution in [2.45, 2.75) is 18.4 Å². The number of benzene rings is 2. The van der Waals surface area contributed by atoms with Gasteiger partial charge in [-0.15, -0.1) is 0 Å². The van der Waals surface area contributed by atoms with Crippen LogP contribution in [0.3, 0.4) is 0 Å². The van der Waals surface area contributed by atoms with Gasteiger partial charge in [0.25, 0.3) is 5.91 Å². The first-order valence-corrected chi connectivity index (χ1v) is 10.1. The van der Waals surface area contributed by atoms with E-state index in [1.54, 1.807) is 42.5 Å². The zero-order chi connectivity index (χ0) is 21.4. The molecule has 3 heterocycles. The van der Waals surface area contributed by atoms with Gasteiger partial charge in [0.05, 0.1) is 19.8 Å². The molecule has 1 fully saturated rings. The van der Waals surface area contributed by atoms with Gasteiger partial charge in [0.2, 0.25) is 5.91 Å². The summed E-state index contributed by atoms with van der Waals surface area (Å²) in [6, 6.07) is 11.6. The Morgan fingerprint density at radius 2 is 1.77 bits per heavy atom. The number of hydrogen-bond donors (Lipinski definition) is 2. The van der Waals surface area contributed by atoms with E-state index in [4.69, 9.17) is 14.2 Å². The summed E-state index contributed by atoms with van der Waals surface area (Å²) in [5, 5.41) is 5.50. The van der Waals surface area contributed by atoms with Crippen molar-refractivity contribution < 1.29 is 28.6 Å². The third-order valence-corrected chi connectivity index (χ3v) is 5.59. The van der Waals surface area contributed by atoms with Crippen molar-refractivity contribution >= 4 is 23.5 Å². The summed E-state index contributed by atoms with van der Waals surface area (Å²) in [6.07, 6.45) is 1.08. The monoisotopic (exact) mass is 423 g/mol. The van der Waals surface area contributed by atoms with Crippen LogP contribution in [0.15, 0.2) is 42.5 Å². The van der Waals surface area contributed by atoms with Crippen molar-refractivity contribution in [1.29, 1.82) is 0 Å². The summed E-state index contributed by atoms with van der Waals surface area (Å²) in [6.45, 7) is 0.991. The van der Waals surface area contributed by atoms with Gasteiger partial charge in [-0.2, -0.15) is 0 Å². The Kier molecular flexibility index (Phi) is 4.65. The lowest BCUT2D eigenvalue weighted by molar-refractivity contribution is -0.135. The van der Waals surface area contributed by atoms with Gasteiger partial charge in [-0.05, 0) is 18.2 Å². The summed E-state index contributed by atoms with van der Waals surface area (Å²) < 4.78 is 16.8. The number of urea groups is 1. The Morgan fingerprint density at radius 3 is 2.65 bits per heavy atom. The number of amides is 4. The van der Waals surface area contributed by atoms with Crippen LogP contribution in [-0.2, 0) is 15.1 Å². The van der Waals surface area contributed by atoms with Gasteiger partial charge in [-0.3, -0.25) is 14.5 Å². The minimum absolute atomic E-state index is 0.292. The number of hydrogen-bond acceptors (Lipinski definition) is 6. The number of para-hydroxylation sites is 1. The molecule has 0 aromatic heterocycles. The van der Waals surface area contributed by atoms with Gasteiger partial charge in [-0.1, -0.05) is 18.2 Å². The van der Waals surface area contributed by atoms with Crippen LogP contribution in [0.25, 0.3) is 0 Å². The van der Waals surface area contributed by atoms with Crippen LogP contribution >= 0.6 is 0 Å². The van der Waals surface area contributed by atoms with Crippen molar-refractivity contribution in [3.05, 3.63) is 48.0 Å². The predicted octanol–water partition coefficient (Wildman–Crippen LogP) is 2.02. The highest BCUT2D eigenvalue weighted by Gasteiger charge is 2.55. The van der Waals surface area contributed by atoms with E-state index in [0.717, 1.165) is 11.3 Å². The number of imide groups is 1. The molecule has 0 bridgehead atoms. The first-order chi connectivity index (χ1) is 15.1. The molecule has 3 aliphatic rings. The molecular weight excluding hydrogens is 402 g/mol. The summed E-state index contributed by atoms with van der Waals surface area (Å²) in [5.74, 6) is 0.770. The third kappa shape index (κ3) is 3.31. The molecule has 3 aliphatic heterocycles. The number of nitrogens with one attached hydrogen (secondary N) is 2. The van der Waals surface area contributed by atoms with Gasteiger partial charge >= 0.3 is 6.03 Å². The molecule has 0 saturated carbocycles. The Labute approximate surface area is 178 Å². The van der Waals surface area contributed by atoms with Crippen LogP contribution < -0.4 is 24.8 Å². The lowest BCUT2D eigenvalue weighted by Crippen LogP contribution is -2.48. The number of anilines is 1. The number of carbonyl (C=O) groups excluding carboxylic acids is 3. The molecule has 9 nitrogen and oxygen atoms in total. The molecular formula is C22H21N3O6. The van der Waals surface area contributed by atoms with Crippen molar-refractivity contribution in [3.63, 3.8) is 0 Å². The van der Waals surface area contributed by atoms with Crippen LogP contribution in [0.5, 0.6) is 17.2 Å². The highest BCUT2D eigenvalue weighted by Crippen LogP contribution is 2.41. The van der Waals surface area contributed by atoms with Crippen LogP contribution in [0.4, 0.5) is 10.5 Å². The smallest absolute Gasteiger partial charge is 0.325 e. The second-order valence-corrected chi connectivity index (χ2v) is 7.58. The molecule has 0 aliphatic carbocycles. The SMILES string of the molecule is O=C(CN1C(=O)N[C@]2(CCOc3ccccc32)C1=O)Nc1ccc2c(c1)OCCCO2. The van der Waals surface area contributed by atoms with Crippen molar-refractivity contribution in [2.24, 2.45) is 0 Å². The van der Waals surface area contributed by atoms with Crippen molar-refractivity contribution in [1.82, 2.24) is 10.2 Å². The molecule has 4 amide bonds. The molecule has 2 aromatic rings. The second-order valence-electron chi connectivity index (χ2n) is 7.58. The van der Waals surface area contributed by atoms with Gasteiger partial charge < -0.3 is 24.8 Å². The standard InChI is InChI=1S/C22H21N3O6/c26-19(23-14-6-7-17-18(12-14)30-10-3-9-29-17)13-25-20(27)22(24-21(25)28)8-11-31-16-5-2-1-4-15(16)22/h1-2,4-7,12H,3,8-11,13H2,(H,23,26)(H,24,28)/t22-/m0/s1. The summed E-state index contributed by atoms with van der Waals surface area (Å²) in [7, 11) is 0. The Bertz CT molecular complexity index is 1070. The van der Waals surface area contributed by atoms with E-state index in [9.17, 15) is 14.4 Å². The molecule has 1 spiro atoms. The van der Waals surface area contributed by atoms with E-state index in [1.165, 1.54) is 0 Å². The Balaban J connectivity index is 1.32. The zero-order valence-electron chi connectivity index (χ0n) is 16.7. The molecule has 1 atom stereocenters. The molecule has 0 unspecified atom stereocenters. The third-order valence-electron chi connectivity index (χ3n) is 5.59. The molecule has 5 rings (SSSR count). The maximum atomic E-state index is 13.2. The van der Waals surface area contributed by atoms with Crippen molar-refractivity contribution in [3.8, 4) is 17.2 Å². The largest absolute Gasteiger partial charge is 0.493 e. The normalized spacial score (nSPS) is 21.7. The van der Waals surface area contributed by atoms with Crippen LogP contribution in [-0.4, -0.2) is 49.1 Å². The Morgan fingerprint density at radius 1 is 1.00 bits per heavy atom. The minimum atomic E-state index is -1.21. The maximum absolute atomic E-state index is 13.2. The number of ether oxygens (including phenoxy) is 3. The summed E-state index contributed by atoms with van der Waals surface area (Å²) in [4.78, 5) is 39.4. The molecule has 160 valence electrons. The molecule has 2 aromatic carbocycles. The van der Waals surface area contributed by atoms with E-state index in [1.807, 2.05) is 0 Å². The average molecular weight is 423 g/mol. The number of fused-ring (bicyclic) bond motifs is 3. The summed E-state index contributed by atoms with van der Waals surface area (Å²) >= 11 is 0. The van der Waals surface area contributed by atoms with E-state index in [-0.39, 0.29) is 0 Å². The summed E-state index contributed by atoms with van der Waals surface area (Å²) in [5.41, 5.74) is -0.112. The fourth-order valence-electron chi connectivity index (χ4n) is 4.10. The molecule has 2 N–H and O–H groups in total. The molecule has 31 heavy (non-hydrogen) atoms. The van der Waals surface area contributed by atoms with Gasteiger partial charge in [0.1, 0.15) is 12.3 Å². The van der Waals surface area contributed by atoms with Gasteiger partial charge in [0.15, 0.2) is 17.0 Å². The highest BCUT2D eigenvalue weighted by atomic mass is 16.5. The fourth-order valence-corrected chi connectivity index (χ4v) is 4.10. The lowest BCUT2D eigenvalue weighted by Gasteiger charge is -2.33. The van der Waals surface area contributed by atoms with Crippen LogP contribution in [0.1, 0.15) is 18.4 Å². The average Bonchev–Trinajstić information content (AvgIpc) is 2.93. The number of nitrogens with zero attached hydrogens (tertiary/aromatic N) is 1. The lowest BCUT2D eigenvalue weighted by atomic mass is 9.84. The van der Waals surface area contributed by atoms with Gasteiger partial charge in [-0.25, -0.2) is 4.79 Å². The van der Waals surface area contributed by atoms with E-state index in [0.29, 0.717) is 54.7 Å². The Hall–Kier alpha value is -3.75. The highest BCUT2D eigenvalue weighted by molar-refractivity contribution is 6.10.